The molecule has 0 aliphatic heterocycles. The molecule has 2 N–H and O–H groups in total. The Balaban J connectivity index is 3.10. The Bertz CT molecular complexity index is 415. The van der Waals surface area contributed by atoms with E-state index in [0.29, 0.717) is 12.2 Å². The van der Waals surface area contributed by atoms with Crippen molar-refractivity contribution in [2.24, 2.45) is 0 Å². The van der Waals surface area contributed by atoms with Crippen LogP contribution in [0.2, 0.25) is 0 Å². The second kappa shape index (κ2) is 6.35. The molecule has 1 atom stereocenters. The Morgan fingerprint density at radius 1 is 1.42 bits per heavy atom. The maximum Gasteiger partial charge on any atom is 0.146 e. The smallest absolute Gasteiger partial charge is 0.146 e. The molecule has 19 heavy (non-hydrogen) atoms. The Morgan fingerprint density at radius 3 is 2.58 bits per heavy atom. The van der Waals surface area contributed by atoms with E-state index in [2.05, 4.69) is 5.32 Å². The van der Waals surface area contributed by atoms with E-state index in [9.17, 15) is 9.50 Å². The minimum atomic E-state index is -0.865. The predicted octanol–water partition coefficient (Wildman–Crippen LogP) is 2.70. The van der Waals surface area contributed by atoms with Gasteiger partial charge in [-0.15, -0.1) is 0 Å². The summed E-state index contributed by atoms with van der Waals surface area (Å²) in [5, 5.41) is 13.2. The number of likely N-dealkylation sites (N-methyl/N-ethyl adjacent to an activating group) is 1. The van der Waals surface area contributed by atoms with Gasteiger partial charge in [-0.2, -0.15) is 0 Å². The van der Waals surface area contributed by atoms with Gasteiger partial charge in [0.05, 0.1) is 11.3 Å². The molecule has 1 rings (SSSR count). The van der Waals surface area contributed by atoms with Gasteiger partial charge in [0.15, 0.2) is 0 Å². The first-order valence-electron chi connectivity index (χ1n) is 6.71. The molecule has 1 aromatic carbocycles. The summed E-state index contributed by atoms with van der Waals surface area (Å²) in [5.41, 5.74) is 0.599. The Hall–Kier alpha value is -1.13. The van der Waals surface area contributed by atoms with Crippen molar-refractivity contribution in [3.8, 4) is 0 Å². The third kappa shape index (κ3) is 4.48. The molecule has 0 heterocycles. The Labute approximate surface area is 115 Å². The molecule has 0 amide bonds. The molecular weight excluding hydrogens is 243 g/mol. The van der Waals surface area contributed by atoms with Gasteiger partial charge in [-0.25, -0.2) is 4.39 Å². The number of para-hydroxylation sites is 1. The molecule has 0 aromatic heterocycles. The highest BCUT2D eigenvalue weighted by Crippen LogP contribution is 2.29. The van der Waals surface area contributed by atoms with E-state index >= 15 is 0 Å². The predicted molar refractivity (Wildman–Crippen MR) is 78.1 cm³/mol. The minimum absolute atomic E-state index is 0.0694. The van der Waals surface area contributed by atoms with E-state index in [-0.39, 0.29) is 11.9 Å². The summed E-state index contributed by atoms with van der Waals surface area (Å²) in [6, 6.07) is 5.17. The van der Waals surface area contributed by atoms with Crippen LogP contribution in [0.1, 0.15) is 39.3 Å². The number of nitrogens with zero attached hydrogens (tertiary/aromatic N) is 1. The lowest BCUT2D eigenvalue weighted by Crippen LogP contribution is -2.37. The number of benzene rings is 1. The quantitative estimate of drug-likeness (QED) is 0.832. The lowest BCUT2D eigenvalue weighted by atomic mass is 10.0. The molecule has 4 heteroatoms. The van der Waals surface area contributed by atoms with Crippen molar-refractivity contribution in [2.75, 3.05) is 25.0 Å². The van der Waals surface area contributed by atoms with Gasteiger partial charge in [0.25, 0.3) is 0 Å². The summed E-state index contributed by atoms with van der Waals surface area (Å²) in [5.74, 6) is -0.256. The fourth-order valence-corrected chi connectivity index (χ4v) is 2.36. The van der Waals surface area contributed by atoms with E-state index in [1.54, 1.807) is 31.9 Å². The average molecular weight is 268 g/mol. The first kappa shape index (κ1) is 15.9. The van der Waals surface area contributed by atoms with Crippen molar-refractivity contribution >= 4 is 5.69 Å². The Morgan fingerprint density at radius 2 is 2.05 bits per heavy atom. The largest absolute Gasteiger partial charge is 0.389 e. The van der Waals surface area contributed by atoms with Crippen molar-refractivity contribution in [1.29, 1.82) is 0 Å². The summed E-state index contributed by atoms with van der Waals surface area (Å²) in [4.78, 5) is 1.78. The van der Waals surface area contributed by atoms with Crippen LogP contribution in [0, 0.1) is 5.82 Å². The lowest BCUT2D eigenvalue weighted by molar-refractivity contribution is 0.0884. The number of nitrogens with one attached hydrogen (secondary N) is 1. The third-order valence-electron chi connectivity index (χ3n) is 3.00. The highest BCUT2D eigenvalue weighted by molar-refractivity contribution is 5.55. The van der Waals surface area contributed by atoms with Gasteiger partial charge in [0, 0.05) is 19.6 Å². The van der Waals surface area contributed by atoms with Crippen molar-refractivity contribution in [2.45, 2.75) is 39.3 Å². The van der Waals surface area contributed by atoms with E-state index in [1.807, 2.05) is 19.9 Å². The van der Waals surface area contributed by atoms with Gasteiger partial charge in [-0.3, -0.25) is 0 Å². The van der Waals surface area contributed by atoms with Gasteiger partial charge in [0.1, 0.15) is 5.82 Å². The fourth-order valence-electron chi connectivity index (χ4n) is 2.36. The van der Waals surface area contributed by atoms with Gasteiger partial charge >= 0.3 is 0 Å². The minimum Gasteiger partial charge on any atom is -0.389 e. The molecule has 0 bridgehead atoms. The summed E-state index contributed by atoms with van der Waals surface area (Å²) >= 11 is 0. The number of anilines is 1. The standard InChI is InChI=1S/C15H25FN2O/c1-6-17-11(2)12-8-7-9-13(16)14(12)18(5)10-15(3,4)19/h7-9,11,17,19H,6,10H2,1-5H3. The normalized spacial score (nSPS) is 13.4. The molecule has 1 unspecified atom stereocenters. The number of halogens is 1. The number of aliphatic hydroxyl groups is 1. The van der Waals surface area contributed by atoms with Crippen molar-refractivity contribution < 1.29 is 9.50 Å². The van der Waals surface area contributed by atoms with Gasteiger partial charge in [-0.1, -0.05) is 19.1 Å². The molecule has 1 aromatic rings. The molecule has 108 valence electrons. The first-order valence-corrected chi connectivity index (χ1v) is 6.71. The van der Waals surface area contributed by atoms with Crippen molar-refractivity contribution in [1.82, 2.24) is 5.32 Å². The summed E-state index contributed by atoms with van der Waals surface area (Å²) < 4.78 is 14.1. The lowest BCUT2D eigenvalue weighted by Gasteiger charge is -2.30. The SMILES string of the molecule is CCNC(C)c1cccc(F)c1N(C)CC(C)(C)O. The number of rotatable bonds is 6. The average Bonchev–Trinajstić information content (AvgIpc) is 2.26. The van der Waals surface area contributed by atoms with Crippen LogP contribution in [0.3, 0.4) is 0 Å². The highest BCUT2D eigenvalue weighted by atomic mass is 19.1. The van der Waals surface area contributed by atoms with Crippen molar-refractivity contribution in [3.05, 3.63) is 29.6 Å². The van der Waals surface area contributed by atoms with Crippen LogP contribution in [-0.2, 0) is 0 Å². The van der Waals surface area contributed by atoms with Crippen molar-refractivity contribution in [3.63, 3.8) is 0 Å². The molecule has 0 spiro atoms. The van der Waals surface area contributed by atoms with Gasteiger partial charge < -0.3 is 15.3 Å². The van der Waals surface area contributed by atoms with Crippen LogP contribution < -0.4 is 10.2 Å². The van der Waals surface area contributed by atoms with E-state index in [1.165, 1.54) is 6.07 Å². The second-order valence-corrected chi connectivity index (χ2v) is 5.63. The number of hydrogen-bond acceptors (Lipinski definition) is 3. The van der Waals surface area contributed by atoms with E-state index in [4.69, 9.17) is 0 Å². The summed E-state index contributed by atoms with van der Waals surface area (Å²) in [7, 11) is 1.80. The molecular formula is C15H25FN2O. The van der Waals surface area contributed by atoms with Crippen LogP contribution in [0.4, 0.5) is 10.1 Å². The summed E-state index contributed by atoms with van der Waals surface area (Å²) in [6.45, 7) is 8.68. The zero-order chi connectivity index (χ0) is 14.6. The molecule has 0 radical (unpaired) electrons. The highest BCUT2D eigenvalue weighted by Gasteiger charge is 2.22. The van der Waals surface area contributed by atoms with Crippen LogP contribution in [-0.4, -0.2) is 30.8 Å². The van der Waals surface area contributed by atoms with Gasteiger partial charge in [-0.05, 0) is 38.9 Å². The molecule has 0 aliphatic carbocycles. The monoisotopic (exact) mass is 268 g/mol. The third-order valence-corrected chi connectivity index (χ3v) is 3.00. The van der Waals surface area contributed by atoms with Crippen LogP contribution in [0.5, 0.6) is 0 Å². The maximum atomic E-state index is 14.1. The van der Waals surface area contributed by atoms with Gasteiger partial charge in [0.2, 0.25) is 0 Å². The maximum absolute atomic E-state index is 14.1. The molecule has 0 saturated heterocycles. The first-order chi connectivity index (χ1) is 8.76. The Kier molecular flexibility index (Phi) is 5.32. The molecule has 0 fully saturated rings. The topological polar surface area (TPSA) is 35.5 Å². The van der Waals surface area contributed by atoms with Crippen LogP contribution in [0.25, 0.3) is 0 Å². The number of hydrogen-bond donors (Lipinski definition) is 2. The van der Waals surface area contributed by atoms with Crippen LogP contribution in [0.15, 0.2) is 18.2 Å². The molecule has 0 saturated carbocycles. The van der Waals surface area contributed by atoms with E-state index < -0.39 is 5.60 Å². The van der Waals surface area contributed by atoms with Crippen LogP contribution >= 0.6 is 0 Å². The summed E-state index contributed by atoms with van der Waals surface area (Å²) in [6.07, 6.45) is 0. The van der Waals surface area contributed by atoms with E-state index in [0.717, 1.165) is 12.1 Å². The molecule has 0 aliphatic rings. The zero-order valence-corrected chi connectivity index (χ0v) is 12.5. The fraction of sp³-hybridized carbons (Fsp3) is 0.600. The second-order valence-electron chi connectivity index (χ2n) is 5.63. The zero-order valence-electron chi connectivity index (χ0n) is 12.5. The molecule has 3 nitrogen and oxygen atoms in total.